The quantitative estimate of drug-likeness (QED) is 0.750. The van der Waals surface area contributed by atoms with Gasteiger partial charge in [0, 0.05) is 22.1 Å². The van der Waals surface area contributed by atoms with Crippen molar-refractivity contribution in [2.75, 3.05) is 17.3 Å². The van der Waals surface area contributed by atoms with Crippen molar-refractivity contribution in [1.29, 1.82) is 0 Å². The zero-order chi connectivity index (χ0) is 12.2. The average molecular weight is 279 g/mol. The fourth-order valence-electron chi connectivity index (χ4n) is 1.09. The van der Waals surface area contributed by atoms with Crippen LogP contribution in [0.1, 0.15) is 22.5 Å². The summed E-state index contributed by atoms with van der Waals surface area (Å²) < 4.78 is 22.5. The van der Waals surface area contributed by atoms with Crippen molar-refractivity contribution in [3.05, 3.63) is 15.6 Å². The lowest BCUT2D eigenvalue weighted by Crippen LogP contribution is -2.10. The predicted molar refractivity (Wildman–Crippen MR) is 72.1 cm³/mol. The van der Waals surface area contributed by atoms with E-state index in [9.17, 15) is 8.42 Å². The molecule has 3 nitrogen and oxygen atoms in total. The summed E-state index contributed by atoms with van der Waals surface area (Å²) in [6.45, 7) is 5.75. The van der Waals surface area contributed by atoms with Crippen LogP contribution in [0.4, 0.5) is 0 Å². The fraction of sp³-hybridized carbons (Fsp3) is 0.700. The number of hydrogen-bond acceptors (Lipinski definition) is 5. The summed E-state index contributed by atoms with van der Waals surface area (Å²) in [6.07, 6.45) is 0. The normalized spacial score (nSPS) is 11.9. The van der Waals surface area contributed by atoms with Crippen molar-refractivity contribution in [3.8, 4) is 0 Å². The Bertz CT molecular complexity index is 417. The first kappa shape index (κ1) is 14.0. The molecule has 0 spiro atoms. The maximum atomic E-state index is 11.2. The largest absolute Gasteiger partial charge is 0.245 e. The number of hydrogen-bond donors (Lipinski definition) is 0. The third-order valence-electron chi connectivity index (χ3n) is 2.28. The highest BCUT2D eigenvalue weighted by molar-refractivity contribution is 8.00. The number of aryl methyl sites for hydroxylation is 2. The maximum Gasteiger partial charge on any atom is 0.150 e. The summed E-state index contributed by atoms with van der Waals surface area (Å²) in [5.41, 5.74) is 1.08. The fourth-order valence-corrected chi connectivity index (χ4v) is 4.46. The van der Waals surface area contributed by atoms with E-state index in [0.717, 1.165) is 16.5 Å². The molecule has 16 heavy (non-hydrogen) atoms. The molecule has 0 aliphatic heterocycles. The molecule has 0 fully saturated rings. The van der Waals surface area contributed by atoms with Gasteiger partial charge in [-0.1, -0.05) is 6.92 Å². The van der Waals surface area contributed by atoms with Crippen molar-refractivity contribution < 1.29 is 8.42 Å². The molecule has 1 heterocycles. The Morgan fingerprint density at radius 2 is 2.06 bits per heavy atom. The van der Waals surface area contributed by atoms with Crippen LogP contribution in [0.2, 0.25) is 0 Å². The van der Waals surface area contributed by atoms with Crippen LogP contribution in [-0.2, 0) is 15.6 Å². The maximum absolute atomic E-state index is 11.2. The van der Waals surface area contributed by atoms with Crippen LogP contribution in [-0.4, -0.2) is 30.7 Å². The Kier molecular flexibility index (Phi) is 5.27. The van der Waals surface area contributed by atoms with E-state index < -0.39 is 9.84 Å². The number of rotatable bonds is 6. The molecule has 0 saturated carbocycles. The van der Waals surface area contributed by atoms with Crippen molar-refractivity contribution in [1.82, 2.24) is 4.98 Å². The minimum atomic E-state index is -2.81. The topological polar surface area (TPSA) is 47.0 Å². The molecule has 6 heteroatoms. The molecule has 1 aromatic heterocycles. The zero-order valence-corrected chi connectivity index (χ0v) is 12.3. The second-order valence-corrected chi connectivity index (χ2v) is 8.40. The number of sulfone groups is 1. The standard InChI is InChI=1S/C10H17NO2S3/c1-4-16(12,13)6-5-14-7-10-11-8(2)9(3)15-10/h4-7H2,1-3H3. The highest BCUT2D eigenvalue weighted by atomic mass is 32.2. The Morgan fingerprint density at radius 1 is 1.38 bits per heavy atom. The Morgan fingerprint density at radius 3 is 2.56 bits per heavy atom. The van der Waals surface area contributed by atoms with Crippen LogP contribution in [0.25, 0.3) is 0 Å². The van der Waals surface area contributed by atoms with Crippen molar-refractivity contribution >= 4 is 32.9 Å². The molecule has 1 aromatic rings. The number of aromatic nitrogens is 1. The molecule has 0 amide bonds. The van der Waals surface area contributed by atoms with E-state index in [4.69, 9.17) is 0 Å². The number of nitrogens with zero attached hydrogens (tertiary/aromatic N) is 1. The van der Waals surface area contributed by atoms with Gasteiger partial charge in [0.25, 0.3) is 0 Å². The second-order valence-electron chi connectivity index (χ2n) is 3.54. The van der Waals surface area contributed by atoms with E-state index in [1.165, 1.54) is 4.88 Å². The van der Waals surface area contributed by atoms with E-state index >= 15 is 0 Å². The lowest BCUT2D eigenvalue weighted by Gasteiger charge is -1.99. The molecule has 0 bridgehead atoms. The molecule has 0 N–H and O–H groups in total. The molecular weight excluding hydrogens is 262 g/mol. The van der Waals surface area contributed by atoms with Crippen LogP contribution in [0, 0.1) is 13.8 Å². The highest BCUT2D eigenvalue weighted by Gasteiger charge is 2.08. The van der Waals surface area contributed by atoms with Gasteiger partial charge in [-0.05, 0) is 13.8 Å². The van der Waals surface area contributed by atoms with Gasteiger partial charge in [-0.3, -0.25) is 0 Å². The minimum Gasteiger partial charge on any atom is -0.245 e. The van der Waals surface area contributed by atoms with E-state index in [1.54, 1.807) is 30.0 Å². The predicted octanol–water partition coefficient (Wildman–Crippen LogP) is 2.43. The number of thiazole rings is 1. The van der Waals surface area contributed by atoms with Crippen LogP contribution >= 0.6 is 23.1 Å². The molecule has 0 unspecified atom stereocenters. The van der Waals surface area contributed by atoms with E-state index in [-0.39, 0.29) is 11.5 Å². The summed E-state index contributed by atoms with van der Waals surface area (Å²) in [4.78, 5) is 5.66. The molecule has 0 aliphatic rings. The van der Waals surface area contributed by atoms with Crippen molar-refractivity contribution in [3.63, 3.8) is 0 Å². The summed E-state index contributed by atoms with van der Waals surface area (Å²) >= 11 is 3.34. The van der Waals surface area contributed by atoms with Gasteiger partial charge < -0.3 is 0 Å². The minimum absolute atomic E-state index is 0.239. The lowest BCUT2D eigenvalue weighted by molar-refractivity contribution is 0.599. The summed E-state index contributed by atoms with van der Waals surface area (Å²) in [6, 6.07) is 0. The SMILES string of the molecule is CCS(=O)(=O)CCSCc1nc(C)c(C)s1. The van der Waals surface area contributed by atoms with Gasteiger partial charge in [-0.2, -0.15) is 11.8 Å². The smallest absolute Gasteiger partial charge is 0.150 e. The first-order valence-electron chi connectivity index (χ1n) is 5.15. The highest BCUT2D eigenvalue weighted by Crippen LogP contribution is 2.21. The first-order chi connectivity index (χ1) is 7.44. The van der Waals surface area contributed by atoms with E-state index in [1.807, 2.05) is 6.92 Å². The van der Waals surface area contributed by atoms with Crippen LogP contribution < -0.4 is 0 Å². The Hall–Kier alpha value is -0.0700. The molecule has 0 aliphatic carbocycles. The lowest BCUT2D eigenvalue weighted by atomic mass is 10.4. The molecular formula is C10H17NO2S3. The van der Waals surface area contributed by atoms with Gasteiger partial charge in [-0.15, -0.1) is 11.3 Å². The summed E-state index contributed by atoms with van der Waals surface area (Å²) in [7, 11) is -2.81. The van der Waals surface area contributed by atoms with Gasteiger partial charge in [0.15, 0.2) is 9.84 Å². The Balaban J connectivity index is 2.31. The van der Waals surface area contributed by atoms with Gasteiger partial charge in [0.1, 0.15) is 5.01 Å². The average Bonchev–Trinajstić information content (AvgIpc) is 2.54. The van der Waals surface area contributed by atoms with Crippen LogP contribution in [0.5, 0.6) is 0 Å². The first-order valence-corrected chi connectivity index (χ1v) is 8.95. The third kappa shape index (κ3) is 4.43. The van der Waals surface area contributed by atoms with Gasteiger partial charge in [0.05, 0.1) is 11.4 Å². The van der Waals surface area contributed by atoms with E-state index in [0.29, 0.717) is 5.75 Å². The van der Waals surface area contributed by atoms with Crippen LogP contribution in [0.3, 0.4) is 0 Å². The zero-order valence-electron chi connectivity index (χ0n) is 9.82. The third-order valence-corrected chi connectivity index (χ3v) is 6.47. The monoisotopic (exact) mass is 279 g/mol. The van der Waals surface area contributed by atoms with Crippen molar-refractivity contribution in [2.24, 2.45) is 0 Å². The molecule has 0 radical (unpaired) electrons. The molecule has 0 aromatic carbocycles. The van der Waals surface area contributed by atoms with Gasteiger partial charge in [0.2, 0.25) is 0 Å². The molecule has 0 saturated heterocycles. The number of thioether (sulfide) groups is 1. The van der Waals surface area contributed by atoms with Crippen molar-refractivity contribution in [2.45, 2.75) is 26.5 Å². The van der Waals surface area contributed by atoms with Gasteiger partial charge >= 0.3 is 0 Å². The van der Waals surface area contributed by atoms with Gasteiger partial charge in [-0.25, -0.2) is 13.4 Å². The summed E-state index contributed by atoms with van der Waals surface area (Å²) in [5.74, 6) is 1.99. The van der Waals surface area contributed by atoms with E-state index in [2.05, 4.69) is 11.9 Å². The summed E-state index contributed by atoms with van der Waals surface area (Å²) in [5, 5.41) is 1.09. The Labute approximate surface area is 106 Å². The second kappa shape index (κ2) is 6.02. The molecule has 0 atom stereocenters. The molecule has 1 rings (SSSR count). The van der Waals surface area contributed by atoms with Crippen LogP contribution in [0.15, 0.2) is 0 Å². The molecule has 92 valence electrons.